The summed E-state index contributed by atoms with van der Waals surface area (Å²) in [7, 11) is -2.37. The number of rotatable bonds is 4. The lowest BCUT2D eigenvalue weighted by molar-refractivity contribution is 0.0360. The molecule has 0 unspecified atom stereocenters. The molecule has 2 aromatic rings. The minimum atomic E-state index is -2.37. The molecule has 0 N–H and O–H groups in total. The molecule has 5 rings (SSSR count). The molecule has 2 aliphatic heterocycles. The van der Waals surface area contributed by atoms with Gasteiger partial charge < -0.3 is 4.90 Å². The topological polar surface area (TPSA) is 91.8 Å². The quantitative estimate of drug-likeness (QED) is 0.607. The molecular formula is C24H24N2O5S. The van der Waals surface area contributed by atoms with Crippen molar-refractivity contribution in [2.75, 3.05) is 32.1 Å². The molecule has 0 bridgehead atoms. The van der Waals surface area contributed by atoms with Crippen LogP contribution in [-0.4, -0.2) is 67.7 Å². The standard InChI is InChI=1S/C24H24N2O5S/c27-22-18-3-1-2-4-19(18)23(28)21-11-16(5-6-20(21)22)24(29)26-9-7-15(8-10-26)17-12-25(13-17)14-32(30)31/h1-6,11,15,17,32H,7-10,12-14H2. The van der Waals surface area contributed by atoms with Crippen molar-refractivity contribution in [3.8, 4) is 0 Å². The molecule has 1 aliphatic carbocycles. The van der Waals surface area contributed by atoms with Crippen molar-refractivity contribution < 1.29 is 22.8 Å². The number of hydrogen-bond acceptors (Lipinski definition) is 6. The largest absolute Gasteiger partial charge is 0.339 e. The van der Waals surface area contributed by atoms with Gasteiger partial charge in [0.25, 0.3) is 5.91 Å². The van der Waals surface area contributed by atoms with Crippen LogP contribution in [0.15, 0.2) is 42.5 Å². The van der Waals surface area contributed by atoms with E-state index >= 15 is 0 Å². The first kappa shape index (κ1) is 21.0. The molecule has 2 saturated heterocycles. The van der Waals surface area contributed by atoms with Gasteiger partial charge in [0.2, 0.25) is 0 Å². The fourth-order valence-corrected chi connectivity index (χ4v) is 5.73. The first-order chi connectivity index (χ1) is 15.4. The van der Waals surface area contributed by atoms with Gasteiger partial charge in [0, 0.05) is 54.0 Å². The maximum Gasteiger partial charge on any atom is 0.253 e. The van der Waals surface area contributed by atoms with Gasteiger partial charge in [-0.25, -0.2) is 8.42 Å². The van der Waals surface area contributed by atoms with Crippen LogP contribution >= 0.6 is 0 Å². The number of piperidine rings is 1. The van der Waals surface area contributed by atoms with E-state index < -0.39 is 10.7 Å². The summed E-state index contributed by atoms with van der Waals surface area (Å²) in [6.45, 7) is 2.90. The highest BCUT2D eigenvalue weighted by atomic mass is 32.2. The number of carbonyl (C=O) groups is 3. The summed E-state index contributed by atoms with van der Waals surface area (Å²) >= 11 is 0. The molecule has 2 fully saturated rings. The zero-order chi connectivity index (χ0) is 22.4. The van der Waals surface area contributed by atoms with Gasteiger partial charge >= 0.3 is 0 Å². The number of thiol groups is 1. The fourth-order valence-electron chi connectivity index (χ4n) is 5.18. The van der Waals surface area contributed by atoms with Gasteiger partial charge in [-0.3, -0.25) is 19.3 Å². The summed E-state index contributed by atoms with van der Waals surface area (Å²) in [5, 5.41) is 0. The Labute approximate surface area is 188 Å². The van der Waals surface area contributed by atoms with Gasteiger partial charge in [-0.15, -0.1) is 0 Å². The Kier molecular flexibility index (Phi) is 5.43. The van der Waals surface area contributed by atoms with Crippen LogP contribution in [0.2, 0.25) is 0 Å². The highest BCUT2D eigenvalue weighted by molar-refractivity contribution is 7.72. The van der Waals surface area contributed by atoms with E-state index in [9.17, 15) is 22.8 Å². The van der Waals surface area contributed by atoms with Gasteiger partial charge in [0.15, 0.2) is 22.3 Å². The Hall–Kier alpha value is -2.84. The van der Waals surface area contributed by atoms with Gasteiger partial charge in [0.05, 0.1) is 5.88 Å². The van der Waals surface area contributed by atoms with Crippen molar-refractivity contribution in [1.29, 1.82) is 0 Å². The van der Waals surface area contributed by atoms with E-state index in [1.165, 1.54) is 0 Å². The zero-order valence-electron chi connectivity index (χ0n) is 17.5. The molecule has 7 nitrogen and oxygen atoms in total. The van der Waals surface area contributed by atoms with E-state index in [2.05, 4.69) is 0 Å². The fraction of sp³-hybridized carbons (Fsp3) is 0.375. The van der Waals surface area contributed by atoms with E-state index in [0.29, 0.717) is 52.7 Å². The van der Waals surface area contributed by atoms with Crippen molar-refractivity contribution in [1.82, 2.24) is 9.80 Å². The Morgan fingerprint density at radius 3 is 2.06 bits per heavy atom. The number of amides is 1. The van der Waals surface area contributed by atoms with Crippen LogP contribution in [0.25, 0.3) is 0 Å². The minimum absolute atomic E-state index is 0.121. The monoisotopic (exact) mass is 452 g/mol. The number of ketones is 2. The van der Waals surface area contributed by atoms with E-state index in [-0.39, 0.29) is 23.4 Å². The van der Waals surface area contributed by atoms with Crippen LogP contribution in [0.1, 0.15) is 55.0 Å². The predicted octanol–water partition coefficient (Wildman–Crippen LogP) is 1.81. The highest BCUT2D eigenvalue weighted by Crippen LogP contribution is 2.33. The number of likely N-dealkylation sites (tertiary alicyclic amines) is 2. The Balaban J connectivity index is 1.26. The van der Waals surface area contributed by atoms with Crippen LogP contribution in [-0.2, 0) is 10.7 Å². The second-order valence-electron chi connectivity index (χ2n) is 8.86. The van der Waals surface area contributed by atoms with Gasteiger partial charge in [-0.05, 0) is 42.9 Å². The normalized spacial score (nSPS) is 19.6. The Morgan fingerprint density at radius 2 is 1.44 bits per heavy atom. The number of carbonyl (C=O) groups excluding carboxylic acids is 3. The first-order valence-corrected chi connectivity index (χ1v) is 12.2. The molecule has 3 aliphatic rings. The lowest BCUT2D eigenvalue weighted by Gasteiger charge is -2.45. The predicted molar refractivity (Wildman–Crippen MR) is 119 cm³/mol. The molecule has 0 spiro atoms. The van der Waals surface area contributed by atoms with Gasteiger partial charge in [-0.1, -0.05) is 24.3 Å². The van der Waals surface area contributed by atoms with Gasteiger partial charge in [-0.2, -0.15) is 0 Å². The third kappa shape index (κ3) is 3.67. The SMILES string of the molecule is O=C1c2ccccc2C(=O)c2cc(C(=O)N3CCC(C4CN(C[SH](=O)=O)C4)CC3)ccc21. The van der Waals surface area contributed by atoms with Crippen molar-refractivity contribution in [2.45, 2.75) is 12.8 Å². The molecule has 2 aromatic carbocycles. The second-order valence-corrected chi connectivity index (χ2v) is 9.81. The summed E-state index contributed by atoms with van der Waals surface area (Å²) in [5.41, 5.74) is 1.85. The molecular weight excluding hydrogens is 428 g/mol. The number of fused-ring (bicyclic) bond motifs is 2. The lowest BCUT2D eigenvalue weighted by atomic mass is 9.79. The summed E-state index contributed by atoms with van der Waals surface area (Å²) in [4.78, 5) is 42.6. The van der Waals surface area contributed by atoms with Crippen molar-refractivity contribution >= 4 is 28.2 Å². The first-order valence-electron chi connectivity index (χ1n) is 10.9. The average Bonchev–Trinajstić information content (AvgIpc) is 2.79. The maximum atomic E-state index is 13.1. The summed E-state index contributed by atoms with van der Waals surface area (Å²) in [6.07, 6.45) is 1.78. The van der Waals surface area contributed by atoms with Crippen molar-refractivity contribution in [3.05, 3.63) is 70.3 Å². The molecule has 166 valence electrons. The van der Waals surface area contributed by atoms with E-state index in [4.69, 9.17) is 0 Å². The highest BCUT2D eigenvalue weighted by Gasteiger charge is 2.36. The van der Waals surface area contributed by atoms with E-state index in [0.717, 1.165) is 25.9 Å². The molecule has 1 amide bonds. The molecule has 0 saturated carbocycles. The molecule has 8 heteroatoms. The number of nitrogens with zero attached hydrogens (tertiary/aromatic N) is 2. The molecule has 0 aromatic heterocycles. The number of hydrogen-bond donors (Lipinski definition) is 1. The van der Waals surface area contributed by atoms with Crippen LogP contribution < -0.4 is 0 Å². The third-order valence-corrected chi connectivity index (χ3v) is 7.60. The summed E-state index contributed by atoms with van der Waals surface area (Å²) < 4.78 is 21.7. The number of benzene rings is 2. The zero-order valence-corrected chi connectivity index (χ0v) is 18.4. The molecule has 32 heavy (non-hydrogen) atoms. The van der Waals surface area contributed by atoms with E-state index in [1.807, 2.05) is 9.80 Å². The van der Waals surface area contributed by atoms with Crippen LogP contribution in [0, 0.1) is 11.8 Å². The Morgan fingerprint density at radius 1 is 0.844 bits per heavy atom. The van der Waals surface area contributed by atoms with Gasteiger partial charge in [0.1, 0.15) is 0 Å². The van der Waals surface area contributed by atoms with Crippen LogP contribution in [0.5, 0.6) is 0 Å². The smallest absolute Gasteiger partial charge is 0.253 e. The van der Waals surface area contributed by atoms with E-state index in [1.54, 1.807) is 42.5 Å². The lowest BCUT2D eigenvalue weighted by Crippen LogP contribution is -2.52. The van der Waals surface area contributed by atoms with Crippen molar-refractivity contribution in [2.24, 2.45) is 11.8 Å². The summed E-state index contributed by atoms with van der Waals surface area (Å²) in [5.74, 6) is 0.592. The van der Waals surface area contributed by atoms with Crippen LogP contribution in [0.3, 0.4) is 0 Å². The third-order valence-electron chi connectivity index (χ3n) is 6.97. The average molecular weight is 453 g/mol. The summed E-state index contributed by atoms with van der Waals surface area (Å²) in [6, 6.07) is 11.6. The maximum absolute atomic E-state index is 13.1. The second kappa shape index (κ2) is 8.26. The molecule has 2 heterocycles. The molecule has 0 atom stereocenters. The van der Waals surface area contributed by atoms with Crippen molar-refractivity contribution in [3.63, 3.8) is 0 Å². The Bertz CT molecular complexity index is 1180. The minimum Gasteiger partial charge on any atom is -0.339 e. The van der Waals surface area contributed by atoms with Crippen LogP contribution in [0.4, 0.5) is 0 Å². The molecule has 0 radical (unpaired) electrons.